The number of nitrogens with one attached hydrogen (secondary N) is 1. The lowest BCUT2D eigenvalue weighted by Crippen LogP contribution is -2.34. The molecule has 2 heterocycles. The van der Waals surface area contributed by atoms with E-state index in [9.17, 15) is 8.42 Å². The Morgan fingerprint density at radius 3 is 2.76 bits per heavy atom. The van der Waals surface area contributed by atoms with Gasteiger partial charge in [-0.3, -0.25) is 0 Å². The third kappa shape index (κ3) is 4.10. The molecule has 0 aliphatic heterocycles. The minimum atomic E-state index is -3.65. The highest BCUT2D eigenvalue weighted by atomic mass is 32.2. The average Bonchev–Trinajstić information content (AvgIpc) is 3.29. The molecule has 2 aromatic heterocycles. The Morgan fingerprint density at radius 1 is 1.28 bits per heavy atom. The molecule has 132 valence electrons. The number of tetrazole rings is 1. The molecule has 0 saturated carbocycles. The van der Waals surface area contributed by atoms with Crippen molar-refractivity contribution in [1.82, 2.24) is 29.8 Å². The Balaban J connectivity index is 1.79. The SMILES string of the molecule is CN(C)C(CNS(=O)(=O)c1cccc(-n2cnnn2)c1)c1cccs1. The van der Waals surface area contributed by atoms with Crippen LogP contribution in [0.5, 0.6) is 0 Å². The van der Waals surface area contributed by atoms with Crippen molar-refractivity contribution in [3.8, 4) is 5.69 Å². The van der Waals surface area contributed by atoms with E-state index in [4.69, 9.17) is 0 Å². The summed E-state index contributed by atoms with van der Waals surface area (Å²) >= 11 is 1.60. The third-order valence-corrected chi connectivity index (χ3v) is 6.10. The zero-order chi connectivity index (χ0) is 17.9. The molecule has 25 heavy (non-hydrogen) atoms. The van der Waals surface area contributed by atoms with Crippen LogP contribution in [0, 0.1) is 0 Å². The highest BCUT2D eigenvalue weighted by molar-refractivity contribution is 7.89. The molecular weight excluding hydrogens is 360 g/mol. The molecule has 0 amide bonds. The monoisotopic (exact) mass is 378 g/mol. The van der Waals surface area contributed by atoms with Gasteiger partial charge in [0.25, 0.3) is 0 Å². The first kappa shape index (κ1) is 17.7. The molecule has 3 aromatic rings. The largest absolute Gasteiger partial charge is 0.300 e. The second-order valence-electron chi connectivity index (χ2n) is 5.60. The molecule has 0 bridgehead atoms. The van der Waals surface area contributed by atoms with Gasteiger partial charge in [0.05, 0.1) is 16.6 Å². The predicted octanol–water partition coefficient (Wildman–Crippen LogP) is 1.30. The van der Waals surface area contributed by atoms with Crippen LogP contribution in [-0.4, -0.2) is 54.2 Å². The molecule has 1 aromatic carbocycles. The second kappa shape index (κ2) is 7.40. The smallest absolute Gasteiger partial charge is 0.240 e. The van der Waals surface area contributed by atoms with Crippen molar-refractivity contribution in [3.05, 3.63) is 53.0 Å². The van der Waals surface area contributed by atoms with Gasteiger partial charge in [0.15, 0.2) is 0 Å². The minimum Gasteiger partial charge on any atom is -0.300 e. The average molecular weight is 378 g/mol. The fourth-order valence-corrected chi connectivity index (χ4v) is 4.36. The normalized spacial score (nSPS) is 13.2. The van der Waals surface area contributed by atoms with E-state index in [1.807, 2.05) is 36.5 Å². The maximum Gasteiger partial charge on any atom is 0.240 e. The van der Waals surface area contributed by atoms with Crippen LogP contribution in [0.1, 0.15) is 10.9 Å². The maximum absolute atomic E-state index is 12.7. The van der Waals surface area contributed by atoms with Crippen molar-refractivity contribution >= 4 is 21.4 Å². The first-order valence-corrected chi connectivity index (χ1v) is 9.86. The van der Waals surface area contributed by atoms with E-state index < -0.39 is 10.0 Å². The molecule has 1 atom stereocenters. The van der Waals surface area contributed by atoms with Gasteiger partial charge in [0.2, 0.25) is 10.0 Å². The van der Waals surface area contributed by atoms with Crippen LogP contribution < -0.4 is 4.72 Å². The van der Waals surface area contributed by atoms with E-state index in [1.54, 1.807) is 29.5 Å². The van der Waals surface area contributed by atoms with Gasteiger partial charge in [-0.15, -0.1) is 16.4 Å². The van der Waals surface area contributed by atoms with Gasteiger partial charge in [-0.2, -0.15) is 0 Å². The molecule has 0 fully saturated rings. The molecule has 10 heteroatoms. The fraction of sp³-hybridized carbons (Fsp3) is 0.267. The van der Waals surface area contributed by atoms with Crippen LogP contribution in [0.15, 0.2) is 53.0 Å². The van der Waals surface area contributed by atoms with E-state index >= 15 is 0 Å². The van der Waals surface area contributed by atoms with Crippen LogP contribution in [0.4, 0.5) is 0 Å². The van der Waals surface area contributed by atoms with E-state index in [2.05, 4.69) is 20.2 Å². The number of hydrogen-bond acceptors (Lipinski definition) is 7. The standard InChI is InChI=1S/C15H18N6O2S2/c1-20(2)14(15-7-4-8-24-15)10-17-25(22,23)13-6-3-5-12(9-13)21-11-16-18-19-21/h3-9,11,14,17H,10H2,1-2H3. The summed E-state index contributed by atoms with van der Waals surface area (Å²) in [4.78, 5) is 3.27. The molecule has 0 aliphatic rings. The Bertz CT molecular complexity index is 907. The number of rotatable bonds is 7. The van der Waals surface area contributed by atoms with Crippen molar-refractivity contribution in [2.45, 2.75) is 10.9 Å². The molecule has 1 N–H and O–H groups in total. The van der Waals surface area contributed by atoms with Gasteiger partial charge in [0.1, 0.15) is 6.33 Å². The summed E-state index contributed by atoms with van der Waals surface area (Å²) in [5, 5.41) is 12.9. The topological polar surface area (TPSA) is 93.0 Å². The number of aromatic nitrogens is 4. The predicted molar refractivity (Wildman–Crippen MR) is 95.1 cm³/mol. The Hall–Kier alpha value is -2.14. The first-order valence-electron chi connectivity index (χ1n) is 7.50. The number of sulfonamides is 1. The van der Waals surface area contributed by atoms with Crippen LogP contribution in [0.25, 0.3) is 5.69 Å². The Labute approximate surface area is 150 Å². The fourth-order valence-electron chi connectivity index (χ4n) is 2.36. The summed E-state index contributed by atoms with van der Waals surface area (Å²) in [5.74, 6) is 0. The highest BCUT2D eigenvalue weighted by Crippen LogP contribution is 2.23. The molecule has 3 rings (SSSR count). The lowest BCUT2D eigenvalue weighted by atomic mass is 10.2. The molecular formula is C15H18N6O2S2. The first-order chi connectivity index (χ1) is 12.0. The number of likely N-dealkylation sites (N-methyl/N-ethyl adjacent to an activating group) is 1. The van der Waals surface area contributed by atoms with Gasteiger partial charge >= 0.3 is 0 Å². The summed E-state index contributed by atoms with van der Waals surface area (Å²) in [6, 6.07) is 10.4. The molecule has 8 nitrogen and oxygen atoms in total. The molecule has 0 aliphatic carbocycles. The van der Waals surface area contributed by atoms with Crippen molar-refractivity contribution in [2.24, 2.45) is 0 Å². The number of nitrogens with zero attached hydrogens (tertiary/aromatic N) is 5. The summed E-state index contributed by atoms with van der Waals surface area (Å²) in [7, 11) is 0.208. The summed E-state index contributed by atoms with van der Waals surface area (Å²) in [6.45, 7) is 0.283. The Morgan fingerprint density at radius 2 is 2.12 bits per heavy atom. The van der Waals surface area contributed by atoms with Gasteiger partial charge in [-0.1, -0.05) is 12.1 Å². The van der Waals surface area contributed by atoms with Gasteiger partial charge < -0.3 is 4.90 Å². The molecule has 0 spiro atoms. The zero-order valence-electron chi connectivity index (χ0n) is 13.8. The van der Waals surface area contributed by atoms with E-state index in [-0.39, 0.29) is 17.5 Å². The van der Waals surface area contributed by atoms with Gasteiger partial charge in [-0.25, -0.2) is 17.8 Å². The van der Waals surface area contributed by atoms with Crippen molar-refractivity contribution in [1.29, 1.82) is 0 Å². The maximum atomic E-state index is 12.7. The lowest BCUT2D eigenvalue weighted by Gasteiger charge is -2.23. The Kier molecular flexibility index (Phi) is 5.23. The van der Waals surface area contributed by atoms with Crippen molar-refractivity contribution in [2.75, 3.05) is 20.6 Å². The van der Waals surface area contributed by atoms with Crippen LogP contribution >= 0.6 is 11.3 Å². The third-order valence-electron chi connectivity index (χ3n) is 3.70. The van der Waals surface area contributed by atoms with E-state index in [0.717, 1.165) is 4.88 Å². The quantitative estimate of drug-likeness (QED) is 0.666. The van der Waals surface area contributed by atoms with Gasteiger partial charge in [0, 0.05) is 11.4 Å². The van der Waals surface area contributed by atoms with E-state index in [1.165, 1.54) is 17.1 Å². The summed E-state index contributed by atoms with van der Waals surface area (Å²) in [5.41, 5.74) is 0.579. The minimum absolute atomic E-state index is 0.0301. The van der Waals surface area contributed by atoms with Crippen molar-refractivity contribution in [3.63, 3.8) is 0 Å². The number of hydrogen-bond donors (Lipinski definition) is 1. The number of thiophene rings is 1. The van der Waals surface area contributed by atoms with Gasteiger partial charge in [-0.05, 0) is 54.2 Å². The van der Waals surface area contributed by atoms with Crippen LogP contribution in [0.2, 0.25) is 0 Å². The molecule has 0 saturated heterocycles. The lowest BCUT2D eigenvalue weighted by molar-refractivity contribution is 0.303. The molecule has 0 radical (unpaired) electrons. The van der Waals surface area contributed by atoms with Crippen LogP contribution in [0.3, 0.4) is 0 Å². The second-order valence-corrected chi connectivity index (χ2v) is 8.34. The summed E-state index contributed by atoms with van der Waals surface area (Å²) in [6.07, 6.45) is 1.41. The number of benzene rings is 1. The highest BCUT2D eigenvalue weighted by Gasteiger charge is 2.20. The molecule has 1 unspecified atom stereocenters. The van der Waals surface area contributed by atoms with E-state index in [0.29, 0.717) is 5.69 Å². The zero-order valence-corrected chi connectivity index (χ0v) is 15.4. The summed E-state index contributed by atoms with van der Waals surface area (Å²) < 4.78 is 29.4. The van der Waals surface area contributed by atoms with Crippen LogP contribution in [-0.2, 0) is 10.0 Å². The van der Waals surface area contributed by atoms with Crippen molar-refractivity contribution < 1.29 is 8.42 Å².